The van der Waals surface area contributed by atoms with Crippen LogP contribution >= 0.6 is 11.3 Å². The van der Waals surface area contributed by atoms with E-state index in [1.54, 1.807) is 11.3 Å². The van der Waals surface area contributed by atoms with Crippen LogP contribution in [0.3, 0.4) is 0 Å². The van der Waals surface area contributed by atoms with Gasteiger partial charge in [0.05, 0.1) is 6.61 Å². The maximum atomic E-state index is 11.4. The van der Waals surface area contributed by atoms with E-state index in [4.69, 9.17) is 10.8 Å². The molecule has 0 saturated carbocycles. The third-order valence-corrected chi connectivity index (χ3v) is 3.66. The lowest BCUT2D eigenvalue weighted by Crippen LogP contribution is -2.46. The van der Waals surface area contributed by atoms with Crippen LogP contribution < -0.4 is 11.1 Å². The van der Waals surface area contributed by atoms with Gasteiger partial charge in [0.2, 0.25) is 5.91 Å². The highest BCUT2D eigenvalue weighted by Gasteiger charge is 2.23. The first kappa shape index (κ1) is 13.2. The molecule has 1 aromatic heterocycles. The second kappa shape index (κ2) is 5.43. The lowest BCUT2D eigenvalue weighted by Gasteiger charge is -2.24. The Labute approximate surface area is 99.5 Å². The van der Waals surface area contributed by atoms with E-state index in [0.717, 1.165) is 0 Å². The van der Waals surface area contributed by atoms with Crippen molar-refractivity contribution in [3.8, 4) is 0 Å². The molecule has 0 aliphatic rings. The molecule has 0 fully saturated rings. The summed E-state index contributed by atoms with van der Waals surface area (Å²) in [6, 6.07) is 3.20. The van der Waals surface area contributed by atoms with Crippen molar-refractivity contribution in [1.82, 2.24) is 5.32 Å². The summed E-state index contributed by atoms with van der Waals surface area (Å²) >= 11 is 1.66. The Kier molecular flexibility index (Phi) is 4.46. The summed E-state index contributed by atoms with van der Waals surface area (Å²) in [5, 5.41) is 13.5. The minimum Gasteiger partial charge on any atom is -0.394 e. The highest BCUT2D eigenvalue weighted by atomic mass is 32.1. The number of nitrogens with two attached hydrogens (primary N) is 1. The minimum absolute atomic E-state index is 0.112. The molecule has 1 amide bonds. The van der Waals surface area contributed by atoms with Gasteiger partial charge in [-0.3, -0.25) is 4.79 Å². The van der Waals surface area contributed by atoms with E-state index in [0.29, 0.717) is 6.54 Å². The highest BCUT2D eigenvalue weighted by molar-refractivity contribution is 7.10. The van der Waals surface area contributed by atoms with Crippen LogP contribution in [0.5, 0.6) is 0 Å². The zero-order chi connectivity index (χ0) is 12.2. The number of amides is 1. The van der Waals surface area contributed by atoms with Crippen LogP contribution in [0.1, 0.15) is 18.7 Å². The molecule has 1 aromatic rings. The third-order valence-electron chi connectivity index (χ3n) is 2.43. The number of carbonyl (C=O) groups excluding carboxylic acids is 1. The summed E-state index contributed by atoms with van der Waals surface area (Å²) in [5.41, 5.74) is 5.29. The molecule has 0 spiro atoms. The summed E-state index contributed by atoms with van der Waals surface area (Å²) in [6.07, 6.45) is 0. The van der Waals surface area contributed by atoms with E-state index in [2.05, 4.69) is 19.2 Å². The Morgan fingerprint density at radius 1 is 1.69 bits per heavy atom. The summed E-state index contributed by atoms with van der Waals surface area (Å²) in [5.74, 6) is -0.313. The third kappa shape index (κ3) is 3.30. The molecule has 1 rings (SSSR count). The fraction of sp³-hybridized carbons (Fsp3) is 0.545. The van der Waals surface area contributed by atoms with Gasteiger partial charge in [0, 0.05) is 16.8 Å². The summed E-state index contributed by atoms with van der Waals surface area (Å²) in [6.45, 7) is 4.30. The van der Waals surface area contributed by atoms with E-state index in [1.807, 2.05) is 17.5 Å². The van der Waals surface area contributed by atoms with Crippen molar-refractivity contribution in [2.24, 2.45) is 5.73 Å². The van der Waals surface area contributed by atoms with Crippen molar-refractivity contribution in [3.05, 3.63) is 22.4 Å². The van der Waals surface area contributed by atoms with Gasteiger partial charge in [0.15, 0.2) is 0 Å². The molecule has 4 nitrogen and oxygen atoms in total. The molecule has 0 aromatic carbocycles. The van der Waals surface area contributed by atoms with Crippen molar-refractivity contribution in [2.75, 3.05) is 13.2 Å². The first-order valence-corrected chi connectivity index (χ1v) is 6.03. The Hall–Kier alpha value is -0.910. The lowest BCUT2D eigenvalue weighted by atomic mass is 9.91. The zero-order valence-corrected chi connectivity index (χ0v) is 10.4. The van der Waals surface area contributed by atoms with Crippen LogP contribution in [0.15, 0.2) is 17.5 Å². The van der Waals surface area contributed by atoms with Crippen molar-refractivity contribution in [2.45, 2.75) is 25.3 Å². The van der Waals surface area contributed by atoms with Crippen molar-refractivity contribution >= 4 is 17.2 Å². The maximum Gasteiger partial charge on any atom is 0.239 e. The number of rotatable bonds is 5. The predicted octanol–water partition coefficient (Wildman–Crippen LogP) is 0.462. The molecule has 4 N–H and O–H groups in total. The van der Waals surface area contributed by atoms with Gasteiger partial charge >= 0.3 is 0 Å². The van der Waals surface area contributed by atoms with Crippen molar-refractivity contribution < 1.29 is 9.90 Å². The molecule has 0 radical (unpaired) electrons. The van der Waals surface area contributed by atoms with Crippen LogP contribution in [0.4, 0.5) is 0 Å². The molecule has 90 valence electrons. The van der Waals surface area contributed by atoms with Gasteiger partial charge in [-0.25, -0.2) is 0 Å². The largest absolute Gasteiger partial charge is 0.394 e. The standard InChI is InChI=1S/C11H18N2O2S/c1-11(2,9-4-3-5-16-9)7-13-10(15)8(12)6-14/h3-5,8,14H,6-7,12H2,1-2H3,(H,13,15). The minimum atomic E-state index is -0.834. The predicted molar refractivity (Wildman–Crippen MR) is 65.4 cm³/mol. The van der Waals surface area contributed by atoms with E-state index in [-0.39, 0.29) is 17.9 Å². The van der Waals surface area contributed by atoms with Gasteiger partial charge < -0.3 is 16.2 Å². The number of carbonyl (C=O) groups is 1. The number of aliphatic hydroxyl groups is 1. The number of thiophene rings is 1. The Morgan fingerprint density at radius 2 is 2.38 bits per heavy atom. The summed E-state index contributed by atoms with van der Waals surface area (Å²) in [7, 11) is 0. The molecule has 0 saturated heterocycles. The second-order valence-electron chi connectivity index (χ2n) is 4.37. The molecule has 0 aliphatic carbocycles. The maximum absolute atomic E-state index is 11.4. The van der Waals surface area contributed by atoms with E-state index in [9.17, 15) is 4.79 Å². The lowest BCUT2D eigenvalue weighted by molar-refractivity contribution is -0.123. The SMILES string of the molecule is CC(C)(CNC(=O)C(N)CO)c1cccs1. The topological polar surface area (TPSA) is 75.4 Å². The van der Waals surface area contributed by atoms with Gasteiger partial charge in [-0.15, -0.1) is 11.3 Å². The number of nitrogens with one attached hydrogen (secondary N) is 1. The van der Waals surface area contributed by atoms with Crippen LogP contribution in [0.25, 0.3) is 0 Å². The van der Waals surface area contributed by atoms with Gasteiger partial charge in [-0.1, -0.05) is 19.9 Å². The van der Waals surface area contributed by atoms with Crippen molar-refractivity contribution in [1.29, 1.82) is 0 Å². The normalized spacial score (nSPS) is 13.5. The van der Waals surface area contributed by atoms with E-state index >= 15 is 0 Å². The highest BCUT2D eigenvalue weighted by Crippen LogP contribution is 2.26. The molecule has 1 atom stereocenters. The Bertz CT molecular complexity index is 336. The molecule has 0 bridgehead atoms. The molecule has 0 aliphatic heterocycles. The molecule has 1 unspecified atom stereocenters. The van der Waals surface area contributed by atoms with Crippen LogP contribution in [0.2, 0.25) is 0 Å². The first-order chi connectivity index (χ1) is 7.47. The van der Waals surface area contributed by atoms with Gasteiger partial charge in [0.1, 0.15) is 6.04 Å². The van der Waals surface area contributed by atoms with E-state index in [1.165, 1.54) is 4.88 Å². The Balaban J connectivity index is 2.52. The molecule has 1 heterocycles. The number of aliphatic hydroxyl groups excluding tert-OH is 1. The molecule has 5 heteroatoms. The van der Waals surface area contributed by atoms with Crippen molar-refractivity contribution in [3.63, 3.8) is 0 Å². The molecular weight excluding hydrogens is 224 g/mol. The summed E-state index contributed by atoms with van der Waals surface area (Å²) < 4.78 is 0. The number of hydrogen-bond donors (Lipinski definition) is 3. The molecule has 16 heavy (non-hydrogen) atoms. The zero-order valence-electron chi connectivity index (χ0n) is 9.56. The average molecular weight is 242 g/mol. The van der Waals surface area contributed by atoms with Gasteiger partial charge in [-0.2, -0.15) is 0 Å². The monoisotopic (exact) mass is 242 g/mol. The quantitative estimate of drug-likeness (QED) is 0.702. The average Bonchev–Trinajstić information content (AvgIpc) is 2.78. The van der Waals surface area contributed by atoms with Crippen LogP contribution in [-0.2, 0) is 10.2 Å². The van der Waals surface area contributed by atoms with E-state index < -0.39 is 6.04 Å². The number of hydrogen-bond acceptors (Lipinski definition) is 4. The second-order valence-corrected chi connectivity index (χ2v) is 5.32. The molecular formula is C11H18N2O2S. The smallest absolute Gasteiger partial charge is 0.239 e. The van der Waals surface area contributed by atoms with Crippen LogP contribution in [-0.4, -0.2) is 30.2 Å². The first-order valence-electron chi connectivity index (χ1n) is 5.15. The van der Waals surface area contributed by atoms with Gasteiger partial charge in [-0.05, 0) is 11.4 Å². The van der Waals surface area contributed by atoms with Crippen LogP contribution in [0, 0.1) is 0 Å². The van der Waals surface area contributed by atoms with Gasteiger partial charge in [0.25, 0.3) is 0 Å². The summed E-state index contributed by atoms with van der Waals surface area (Å²) in [4.78, 5) is 12.6. The fourth-order valence-electron chi connectivity index (χ4n) is 1.27. The fourth-order valence-corrected chi connectivity index (χ4v) is 2.12. The Morgan fingerprint density at radius 3 is 2.88 bits per heavy atom.